The first-order chi connectivity index (χ1) is 5.29. The third kappa shape index (κ3) is 3.03. The van der Waals surface area contributed by atoms with Crippen molar-refractivity contribution in [1.82, 2.24) is 0 Å². The number of hydrogen-bond acceptors (Lipinski definition) is 0. The molecule has 1 aromatic rings. The zero-order chi connectivity index (χ0) is 8.10. The molecule has 0 aliphatic rings. The van der Waals surface area contributed by atoms with Crippen LogP contribution in [-0.4, -0.2) is 0 Å². The Kier molecular flexibility index (Phi) is 2.91. The Balaban J connectivity index is 2.65. The minimum absolute atomic E-state index is 0.621. The minimum atomic E-state index is 0.621. The first-order valence-electron chi connectivity index (χ1n) is 3.93. The van der Waals surface area contributed by atoms with Crippen LogP contribution in [0.1, 0.15) is 19.4 Å². The molecular weight excluding hydrogens is 132 g/mol. The van der Waals surface area contributed by atoms with Gasteiger partial charge in [-0.15, -0.1) is 0 Å². The quantitative estimate of drug-likeness (QED) is 0.599. The van der Waals surface area contributed by atoms with Crippen molar-refractivity contribution in [3.63, 3.8) is 0 Å². The van der Waals surface area contributed by atoms with Gasteiger partial charge in [0, 0.05) is 0 Å². The summed E-state index contributed by atoms with van der Waals surface area (Å²) in [6, 6.07) is 11.0. The molecule has 0 heterocycles. The highest BCUT2D eigenvalue weighted by molar-refractivity contribution is 5.48. The van der Waals surface area contributed by atoms with Crippen molar-refractivity contribution in [2.45, 2.75) is 13.8 Å². The smallest absolute Gasteiger partial charge is 0.0178 e. The Morgan fingerprint density at radius 1 is 1.45 bits per heavy atom. The first kappa shape index (κ1) is 8.06. The van der Waals surface area contributed by atoms with Gasteiger partial charge in [0.25, 0.3) is 0 Å². The molecule has 11 heavy (non-hydrogen) atoms. The molecule has 1 rings (SSSR count). The standard InChI is InChI=1S/C11H13/c1-10(2)8-9-11-6-4-3-5-7-11/h3-4,6-10H,1-2H3/b9-8+. The number of allylic oxidation sites excluding steroid dienone is 1. The maximum Gasteiger partial charge on any atom is -0.0178 e. The van der Waals surface area contributed by atoms with E-state index in [-0.39, 0.29) is 0 Å². The molecule has 57 valence electrons. The summed E-state index contributed by atoms with van der Waals surface area (Å²) in [5.41, 5.74) is 1.22. The van der Waals surface area contributed by atoms with Gasteiger partial charge in [0.15, 0.2) is 0 Å². The molecule has 0 unspecified atom stereocenters. The maximum absolute atomic E-state index is 3.03. The molecular formula is C11H13. The zero-order valence-electron chi connectivity index (χ0n) is 7.04. The van der Waals surface area contributed by atoms with Gasteiger partial charge in [-0.1, -0.05) is 44.2 Å². The molecule has 0 aliphatic carbocycles. The lowest BCUT2D eigenvalue weighted by Gasteiger charge is -1.93. The summed E-state index contributed by atoms with van der Waals surface area (Å²) in [5, 5.41) is 0. The van der Waals surface area contributed by atoms with Crippen molar-refractivity contribution < 1.29 is 0 Å². The monoisotopic (exact) mass is 145 g/mol. The third-order valence-corrected chi connectivity index (χ3v) is 1.40. The fourth-order valence-corrected chi connectivity index (χ4v) is 0.814. The molecule has 0 bridgehead atoms. The van der Waals surface area contributed by atoms with Crippen LogP contribution in [0.15, 0.2) is 30.3 Å². The van der Waals surface area contributed by atoms with Crippen LogP contribution in [0.2, 0.25) is 0 Å². The van der Waals surface area contributed by atoms with Gasteiger partial charge in [-0.05, 0) is 23.6 Å². The molecule has 0 atom stereocenters. The third-order valence-electron chi connectivity index (χ3n) is 1.40. The van der Waals surface area contributed by atoms with Crippen LogP contribution in [-0.2, 0) is 0 Å². The summed E-state index contributed by atoms with van der Waals surface area (Å²) in [7, 11) is 0. The molecule has 1 radical (unpaired) electrons. The van der Waals surface area contributed by atoms with Gasteiger partial charge in [-0.3, -0.25) is 0 Å². The lowest BCUT2D eigenvalue weighted by molar-refractivity contribution is 0.836. The molecule has 0 aromatic heterocycles. The van der Waals surface area contributed by atoms with Gasteiger partial charge in [0.05, 0.1) is 0 Å². The van der Waals surface area contributed by atoms with Gasteiger partial charge >= 0.3 is 0 Å². The molecule has 0 saturated heterocycles. The van der Waals surface area contributed by atoms with E-state index in [2.05, 4.69) is 38.1 Å². The highest BCUT2D eigenvalue weighted by atomic mass is 13.9. The fourth-order valence-electron chi connectivity index (χ4n) is 0.814. The predicted octanol–water partition coefficient (Wildman–Crippen LogP) is 3.16. The Morgan fingerprint density at radius 2 is 2.27 bits per heavy atom. The Hall–Kier alpha value is -1.04. The zero-order valence-corrected chi connectivity index (χ0v) is 7.04. The Morgan fingerprint density at radius 3 is 2.82 bits per heavy atom. The number of rotatable bonds is 2. The van der Waals surface area contributed by atoms with E-state index >= 15 is 0 Å². The summed E-state index contributed by atoms with van der Waals surface area (Å²) in [6.07, 6.45) is 4.31. The second-order valence-electron chi connectivity index (χ2n) is 2.94. The lowest BCUT2D eigenvalue weighted by atomic mass is 10.1. The number of benzene rings is 1. The van der Waals surface area contributed by atoms with Crippen molar-refractivity contribution in [3.05, 3.63) is 42.0 Å². The summed E-state index contributed by atoms with van der Waals surface area (Å²) in [5.74, 6) is 0.621. The molecule has 1 aromatic carbocycles. The highest BCUT2D eigenvalue weighted by Crippen LogP contribution is 2.03. The lowest BCUT2D eigenvalue weighted by Crippen LogP contribution is -1.76. The van der Waals surface area contributed by atoms with E-state index in [9.17, 15) is 0 Å². The van der Waals surface area contributed by atoms with E-state index in [1.54, 1.807) is 0 Å². The van der Waals surface area contributed by atoms with Gasteiger partial charge in [-0.2, -0.15) is 0 Å². The van der Waals surface area contributed by atoms with Crippen LogP contribution in [0.25, 0.3) is 6.08 Å². The Bertz CT molecular complexity index is 219. The molecule has 0 amide bonds. The van der Waals surface area contributed by atoms with Crippen molar-refractivity contribution >= 4 is 6.08 Å². The first-order valence-corrected chi connectivity index (χ1v) is 3.93. The van der Waals surface area contributed by atoms with Crippen LogP contribution in [0, 0.1) is 12.0 Å². The van der Waals surface area contributed by atoms with Crippen molar-refractivity contribution in [1.29, 1.82) is 0 Å². The van der Waals surface area contributed by atoms with Crippen LogP contribution >= 0.6 is 0 Å². The van der Waals surface area contributed by atoms with E-state index < -0.39 is 0 Å². The van der Waals surface area contributed by atoms with Crippen LogP contribution in [0.5, 0.6) is 0 Å². The van der Waals surface area contributed by atoms with Crippen molar-refractivity contribution in [3.8, 4) is 0 Å². The summed E-state index contributed by atoms with van der Waals surface area (Å²) >= 11 is 0. The average molecular weight is 145 g/mol. The molecule has 0 nitrogen and oxygen atoms in total. The van der Waals surface area contributed by atoms with Gasteiger partial charge in [0.2, 0.25) is 0 Å². The van der Waals surface area contributed by atoms with Gasteiger partial charge < -0.3 is 0 Å². The highest BCUT2D eigenvalue weighted by Gasteiger charge is 1.84. The van der Waals surface area contributed by atoms with Crippen LogP contribution in [0.3, 0.4) is 0 Å². The molecule has 0 fully saturated rings. The van der Waals surface area contributed by atoms with E-state index in [1.165, 1.54) is 5.56 Å². The predicted molar refractivity (Wildman–Crippen MR) is 49.2 cm³/mol. The normalized spacial score (nSPS) is 11.2. The van der Waals surface area contributed by atoms with E-state index in [0.717, 1.165) is 0 Å². The second kappa shape index (κ2) is 3.97. The average Bonchev–Trinajstić information content (AvgIpc) is 2.03. The van der Waals surface area contributed by atoms with E-state index in [4.69, 9.17) is 0 Å². The van der Waals surface area contributed by atoms with Gasteiger partial charge in [-0.25, -0.2) is 0 Å². The van der Waals surface area contributed by atoms with E-state index in [1.807, 2.05) is 18.2 Å². The number of hydrogen-bond donors (Lipinski definition) is 0. The minimum Gasteiger partial charge on any atom is -0.0814 e. The maximum atomic E-state index is 3.03. The van der Waals surface area contributed by atoms with Crippen molar-refractivity contribution in [2.24, 2.45) is 5.92 Å². The molecule has 0 saturated carbocycles. The summed E-state index contributed by atoms with van der Waals surface area (Å²) < 4.78 is 0. The largest absolute Gasteiger partial charge is 0.0814 e. The topological polar surface area (TPSA) is 0 Å². The summed E-state index contributed by atoms with van der Waals surface area (Å²) in [4.78, 5) is 0. The summed E-state index contributed by atoms with van der Waals surface area (Å²) in [6.45, 7) is 4.34. The van der Waals surface area contributed by atoms with Gasteiger partial charge in [0.1, 0.15) is 0 Å². The van der Waals surface area contributed by atoms with E-state index in [0.29, 0.717) is 5.92 Å². The fraction of sp³-hybridized carbons (Fsp3) is 0.273. The van der Waals surface area contributed by atoms with Crippen LogP contribution < -0.4 is 0 Å². The molecule has 0 heteroatoms. The second-order valence-corrected chi connectivity index (χ2v) is 2.94. The Labute approximate surface area is 68.6 Å². The SMILES string of the molecule is CC(C)/C=C/c1c[c]ccc1. The molecule has 0 spiro atoms. The molecule has 0 N–H and O–H groups in total. The van der Waals surface area contributed by atoms with Crippen molar-refractivity contribution in [2.75, 3.05) is 0 Å². The molecule has 0 aliphatic heterocycles. The van der Waals surface area contributed by atoms with Crippen LogP contribution in [0.4, 0.5) is 0 Å².